The average Bonchev–Trinajstić information content (AvgIpc) is 3.13. The zero-order valence-electron chi connectivity index (χ0n) is 20.9. The Morgan fingerprint density at radius 2 is 1.60 bits per heavy atom. The second-order valence-electron chi connectivity index (χ2n) is 8.77. The number of thiazole rings is 1. The second kappa shape index (κ2) is 9.92. The number of nitrogens with zero attached hydrogens (tertiary/aromatic N) is 4. The summed E-state index contributed by atoms with van der Waals surface area (Å²) in [5, 5.41) is 0. The van der Waals surface area contributed by atoms with Gasteiger partial charge in [-0.05, 0) is 55.3 Å². The Balaban J connectivity index is 1.88. The van der Waals surface area contributed by atoms with Crippen molar-refractivity contribution in [3.8, 4) is 0 Å². The number of anilines is 2. The maximum atomic E-state index is 13.7. The van der Waals surface area contributed by atoms with E-state index in [2.05, 4.69) is 4.99 Å². The van der Waals surface area contributed by atoms with Crippen molar-refractivity contribution in [1.29, 1.82) is 0 Å². The Morgan fingerprint density at radius 3 is 2.14 bits per heavy atom. The quantitative estimate of drug-likeness (QED) is 0.497. The molecule has 0 spiro atoms. The lowest BCUT2D eigenvalue weighted by molar-refractivity contribution is -0.139. The van der Waals surface area contributed by atoms with Gasteiger partial charge in [0, 0.05) is 39.6 Å². The van der Waals surface area contributed by atoms with Crippen molar-refractivity contribution in [2.24, 2.45) is 4.99 Å². The van der Waals surface area contributed by atoms with Crippen molar-refractivity contribution in [1.82, 2.24) is 4.57 Å². The lowest BCUT2D eigenvalue weighted by Crippen LogP contribution is -2.39. The molecule has 8 heteroatoms. The highest BCUT2D eigenvalue weighted by atomic mass is 32.1. The van der Waals surface area contributed by atoms with Crippen LogP contribution in [0.3, 0.4) is 0 Å². The fraction of sp³-hybridized carbons (Fsp3) is 0.296. The van der Waals surface area contributed by atoms with Gasteiger partial charge in [0.2, 0.25) is 0 Å². The molecule has 0 bridgehead atoms. The number of esters is 1. The van der Waals surface area contributed by atoms with Crippen LogP contribution in [0, 0.1) is 0 Å². The van der Waals surface area contributed by atoms with Gasteiger partial charge in [0.1, 0.15) is 0 Å². The summed E-state index contributed by atoms with van der Waals surface area (Å²) in [6.07, 6.45) is 1.87. The number of aromatic nitrogens is 1. The predicted octanol–water partition coefficient (Wildman–Crippen LogP) is 2.93. The molecule has 1 atom stereocenters. The highest BCUT2D eigenvalue weighted by Gasteiger charge is 2.33. The summed E-state index contributed by atoms with van der Waals surface area (Å²) in [5.74, 6) is -0.455. The van der Waals surface area contributed by atoms with Gasteiger partial charge in [-0.2, -0.15) is 0 Å². The smallest absolute Gasteiger partial charge is 0.338 e. The molecule has 0 unspecified atom stereocenters. The Kier molecular flexibility index (Phi) is 6.93. The number of fused-ring (bicyclic) bond motifs is 1. The molecule has 1 aliphatic heterocycles. The molecule has 0 saturated carbocycles. The van der Waals surface area contributed by atoms with Gasteiger partial charge in [0.15, 0.2) is 4.80 Å². The van der Waals surface area contributed by atoms with Crippen LogP contribution >= 0.6 is 11.3 Å². The van der Waals surface area contributed by atoms with Crippen LogP contribution in [-0.4, -0.2) is 45.3 Å². The number of rotatable bonds is 6. The van der Waals surface area contributed by atoms with E-state index in [1.807, 2.05) is 92.6 Å². The largest absolute Gasteiger partial charge is 0.463 e. The number of ether oxygens (including phenoxy) is 1. The zero-order valence-corrected chi connectivity index (χ0v) is 21.7. The molecule has 1 aromatic heterocycles. The van der Waals surface area contributed by atoms with Gasteiger partial charge in [0.05, 0.1) is 28.5 Å². The number of hydrogen-bond acceptors (Lipinski definition) is 7. The van der Waals surface area contributed by atoms with Gasteiger partial charge in [-0.3, -0.25) is 9.36 Å². The minimum absolute atomic E-state index is 0.179. The number of carbonyl (C=O) groups excluding carboxylic acids is 1. The third-order valence-corrected chi connectivity index (χ3v) is 6.93. The molecule has 0 fully saturated rings. The van der Waals surface area contributed by atoms with Crippen LogP contribution in [0.4, 0.5) is 11.4 Å². The summed E-state index contributed by atoms with van der Waals surface area (Å²) in [7, 11) is 7.91. The molecule has 0 amide bonds. The van der Waals surface area contributed by atoms with Gasteiger partial charge in [-0.1, -0.05) is 35.6 Å². The number of hydrogen-bond donors (Lipinski definition) is 0. The molecule has 0 radical (unpaired) electrons. The van der Waals surface area contributed by atoms with E-state index in [-0.39, 0.29) is 12.2 Å². The maximum absolute atomic E-state index is 13.7. The van der Waals surface area contributed by atoms with Crippen molar-refractivity contribution in [2.45, 2.75) is 19.9 Å². The molecule has 3 aromatic rings. The fourth-order valence-electron chi connectivity index (χ4n) is 4.08. The summed E-state index contributed by atoms with van der Waals surface area (Å²) < 4.78 is 7.55. The Morgan fingerprint density at radius 1 is 1.03 bits per heavy atom. The van der Waals surface area contributed by atoms with Crippen LogP contribution in [0.25, 0.3) is 6.08 Å². The van der Waals surface area contributed by atoms with E-state index >= 15 is 0 Å². The number of carbonyl (C=O) groups is 1. The summed E-state index contributed by atoms with van der Waals surface area (Å²) in [6, 6.07) is 15.3. The standard InChI is InChI=1S/C27H30N4O3S/c1-7-34-26(33)23-17(2)28-27-31(24(23)19-10-14-21(15-11-19)30(5)6)25(32)22(35-27)16-18-8-12-20(13-9-18)29(3)4/h8-16,24H,7H2,1-6H3/t24-/m0/s1. The van der Waals surface area contributed by atoms with E-state index in [1.54, 1.807) is 18.4 Å². The Hall–Kier alpha value is -3.65. The SMILES string of the molecule is CCOC(=O)C1=C(C)N=c2sc(=Cc3ccc(N(C)C)cc3)c(=O)n2[C@H]1c1ccc(N(C)C)cc1. The van der Waals surface area contributed by atoms with E-state index in [0.29, 0.717) is 20.6 Å². The molecule has 0 aliphatic carbocycles. The maximum Gasteiger partial charge on any atom is 0.338 e. The molecule has 2 aromatic carbocycles. The second-order valence-corrected chi connectivity index (χ2v) is 9.78. The van der Waals surface area contributed by atoms with Gasteiger partial charge in [0.25, 0.3) is 5.56 Å². The molecule has 0 saturated heterocycles. The molecule has 35 heavy (non-hydrogen) atoms. The monoisotopic (exact) mass is 490 g/mol. The fourth-order valence-corrected chi connectivity index (χ4v) is 5.13. The zero-order chi connectivity index (χ0) is 25.3. The van der Waals surface area contributed by atoms with Crippen molar-refractivity contribution >= 4 is 34.8 Å². The van der Waals surface area contributed by atoms with E-state index in [4.69, 9.17) is 4.74 Å². The summed E-state index contributed by atoms with van der Waals surface area (Å²) >= 11 is 1.33. The topological polar surface area (TPSA) is 67.1 Å². The van der Waals surface area contributed by atoms with Crippen LogP contribution in [0.15, 0.2) is 69.6 Å². The van der Waals surface area contributed by atoms with Crippen molar-refractivity contribution in [3.05, 3.63) is 90.6 Å². The van der Waals surface area contributed by atoms with Crippen LogP contribution in [0.5, 0.6) is 0 Å². The van der Waals surface area contributed by atoms with Gasteiger partial charge in [-0.25, -0.2) is 9.79 Å². The number of benzene rings is 2. The molecule has 4 rings (SSSR count). The van der Waals surface area contributed by atoms with E-state index in [9.17, 15) is 9.59 Å². The molecular weight excluding hydrogens is 460 g/mol. The Bertz CT molecular complexity index is 1450. The number of allylic oxidation sites excluding steroid dienone is 1. The first-order valence-electron chi connectivity index (χ1n) is 11.5. The van der Waals surface area contributed by atoms with Crippen LogP contribution in [-0.2, 0) is 9.53 Å². The molecule has 0 N–H and O–H groups in total. The van der Waals surface area contributed by atoms with E-state index < -0.39 is 12.0 Å². The first-order valence-corrected chi connectivity index (χ1v) is 12.3. The van der Waals surface area contributed by atoms with E-state index in [0.717, 1.165) is 22.5 Å². The van der Waals surface area contributed by atoms with Crippen LogP contribution < -0.4 is 24.7 Å². The normalized spacial score (nSPS) is 15.5. The summed E-state index contributed by atoms with van der Waals surface area (Å²) in [4.78, 5) is 35.9. The van der Waals surface area contributed by atoms with Crippen molar-refractivity contribution < 1.29 is 9.53 Å². The average molecular weight is 491 g/mol. The van der Waals surface area contributed by atoms with Crippen molar-refractivity contribution in [3.63, 3.8) is 0 Å². The predicted molar refractivity (Wildman–Crippen MR) is 142 cm³/mol. The Labute approximate surface area is 208 Å². The van der Waals surface area contributed by atoms with Crippen LogP contribution in [0.1, 0.15) is 31.0 Å². The lowest BCUT2D eigenvalue weighted by Gasteiger charge is -2.25. The van der Waals surface area contributed by atoms with Crippen LogP contribution in [0.2, 0.25) is 0 Å². The summed E-state index contributed by atoms with van der Waals surface area (Å²) in [6.45, 7) is 3.81. The third kappa shape index (κ3) is 4.79. The highest BCUT2D eigenvalue weighted by Crippen LogP contribution is 2.31. The minimum Gasteiger partial charge on any atom is -0.463 e. The van der Waals surface area contributed by atoms with Gasteiger partial charge >= 0.3 is 5.97 Å². The molecule has 2 heterocycles. The lowest BCUT2D eigenvalue weighted by atomic mass is 9.95. The van der Waals surface area contributed by atoms with Gasteiger partial charge in [-0.15, -0.1) is 0 Å². The first kappa shape index (κ1) is 24.5. The highest BCUT2D eigenvalue weighted by molar-refractivity contribution is 7.07. The molecule has 182 valence electrons. The summed E-state index contributed by atoms with van der Waals surface area (Å²) in [5.41, 5.74) is 4.64. The molecular formula is C27H30N4O3S. The molecule has 7 nitrogen and oxygen atoms in total. The first-order chi connectivity index (χ1) is 16.7. The van der Waals surface area contributed by atoms with Gasteiger partial charge < -0.3 is 14.5 Å². The molecule has 1 aliphatic rings. The van der Waals surface area contributed by atoms with Crippen molar-refractivity contribution in [2.75, 3.05) is 44.6 Å². The third-order valence-electron chi connectivity index (χ3n) is 5.95. The van der Waals surface area contributed by atoms with E-state index in [1.165, 1.54) is 11.3 Å². The minimum atomic E-state index is -0.611.